The fraction of sp³-hybridized carbons (Fsp3) is 0.870. The third-order valence-electron chi connectivity index (χ3n) is 6.98. The molecule has 7 atom stereocenters. The summed E-state index contributed by atoms with van der Waals surface area (Å²) in [6.07, 6.45) is 5.42. The highest BCUT2D eigenvalue weighted by atomic mass is 16.6. The normalized spacial score (nSPS) is 36.4. The summed E-state index contributed by atoms with van der Waals surface area (Å²) in [6, 6.07) is 0. The molecular formula is C23H38O5. The molecule has 1 N–H and O–H groups in total. The number of allylic oxidation sites excluding steroid dienone is 1. The van der Waals surface area contributed by atoms with Crippen LogP contribution in [0.25, 0.3) is 0 Å². The predicted octanol–water partition coefficient (Wildman–Crippen LogP) is 3.94. The third-order valence-corrected chi connectivity index (χ3v) is 6.98. The van der Waals surface area contributed by atoms with E-state index < -0.39 is 11.7 Å². The number of aliphatic hydroxyl groups excluding tert-OH is 1. The molecule has 28 heavy (non-hydrogen) atoms. The van der Waals surface area contributed by atoms with Crippen molar-refractivity contribution in [1.82, 2.24) is 0 Å². The lowest BCUT2D eigenvalue weighted by Crippen LogP contribution is -2.48. The highest BCUT2D eigenvalue weighted by molar-refractivity contribution is 5.78. The van der Waals surface area contributed by atoms with Crippen LogP contribution in [0.5, 0.6) is 0 Å². The lowest BCUT2D eigenvalue weighted by molar-refractivity contribution is -0.185. The number of carbonyl (C=O) groups is 1. The van der Waals surface area contributed by atoms with Crippen molar-refractivity contribution in [2.45, 2.75) is 79.3 Å². The first-order chi connectivity index (χ1) is 13.1. The molecule has 3 rings (SSSR count). The van der Waals surface area contributed by atoms with Crippen molar-refractivity contribution < 1.29 is 24.1 Å². The van der Waals surface area contributed by atoms with E-state index in [9.17, 15) is 9.90 Å². The molecule has 1 aliphatic heterocycles. The lowest BCUT2D eigenvalue weighted by atomic mass is 9.67. The molecule has 5 nitrogen and oxygen atoms in total. The maximum absolute atomic E-state index is 13.6. The first-order valence-electron chi connectivity index (χ1n) is 10.8. The van der Waals surface area contributed by atoms with Gasteiger partial charge in [0.05, 0.1) is 18.6 Å². The highest BCUT2D eigenvalue weighted by Gasteiger charge is 2.63. The molecule has 160 valence electrons. The molecule has 3 fully saturated rings. The van der Waals surface area contributed by atoms with Crippen LogP contribution in [0, 0.1) is 34.5 Å². The van der Waals surface area contributed by atoms with Crippen molar-refractivity contribution in [2.24, 2.45) is 34.5 Å². The van der Waals surface area contributed by atoms with Crippen molar-refractivity contribution in [2.75, 3.05) is 13.2 Å². The van der Waals surface area contributed by atoms with Crippen LogP contribution in [0.4, 0.5) is 0 Å². The maximum Gasteiger partial charge on any atom is 0.315 e. The van der Waals surface area contributed by atoms with E-state index in [2.05, 4.69) is 34.6 Å². The molecular weight excluding hydrogens is 356 g/mol. The van der Waals surface area contributed by atoms with E-state index in [4.69, 9.17) is 14.2 Å². The fourth-order valence-electron chi connectivity index (χ4n) is 5.62. The van der Waals surface area contributed by atoms with Crippen LogP contribution < -0.4 is 0 Å². The Morgan fingerprint density at radius 3 is 2.54 bits per heavy atom. The zero-order chi connectivity index (χ0) is 20.7. The minimum atomic E-state index is -0.697. The molecule has 1 heterocycles. The second kappa shape index (κ2) is 8.08. The Balaban J connectivity index is 1.77. The molecule has 0 aromatic carbocycles. The van der Waals surface area contributed by atoms with Crippen LogP contribution in [0.1, 0.15) is 60.8 Å². The second-order valence-corrected chi connectivity index (χ2v) is 10.6. The molecule has 0 spiro atoms. The van der Waals surface area contributed by atoms with Gasteiger partial charge in [0.15, 0.2) is 6.29 Å². The number of rotatable bonds is 8. The van der Waals surface area contributed by atoms with E-state index in [-0.39, 0.29) is 35.4 Å². The Hall–Kier alpha value is -0.910. The van der Waals surface area contributed by atoms with Gasteiger partial charge in [0.25, 0.3) is 0 Å². The van der Waals surface area contributed by atoms with Crippen LogP contribution in [0.15, 0.2) is 12.2 Å². The van der Waals surface area contributed by atoms with Gasteiger partial charge in [-0.1, -0.05) is 46.8 Å². The van der Waals surface area contributed by atoms with E-state index in [0.29, 0.717) is 31.5 Å². The first kappa shape index (κ1) is 21.8. The number of ether oxygens (including phenoxy) is 3. The van der Waals surface area contributed by atoms with Gasteiger partial charge >= 0.3 is 5.97 Å². The largest absolute Gasteiger partial charge is 0.459 e. The molecule has 0 amide bonds. The molecule has 5 heteroatoms. The van der Waals surface area contributed by atoms with Crippen LogP contribution in [0.2, 0.25) is 0 Å². The van der Waals surface area contributed by atoms with E-state index >= 15 is 0 Å². The van der Waals surface area contributed by atoms with E-state index in [1.54, 1.807) is 0 Å². The number of esters is 1. The summed E-state index contributed by atoms with van der Waals surface area (Å²) >= 11 is 0. The third kappa shape index (κ3) is 4.03. The van der Waals surface area contributed by atoms with Gasteiger partial charge in [0.2, 0.25) is 0 Å². The Bertz CT molecular complexity index is 592. The SMILES string of the molecule is CC=CCOCC(CC(C)(C)C)(C(=O)OC1C2CC3C(O)OC1C3C2)C(C)C. The van der Waals surface area contributed by atoms with Crippen LogP contribution >= 0.6 is 0 Å². The minimum absolute atomic E-state index is 0.0346. The smallest absolute Gasteiger partial charge is 0.315 e. The Labute approximate surface area is 169 Å². The topological polar surface area (TPSA) is 65.0 Å². The Kier molecular flexibility index (Phi) is 6.29. The molecule has 2 bridgehead atoms. The maximum atomic E-state index is 13.6. The quantitative estimate of drug-likeness (QED) is 0.384. The van der Waals surface area contributed by atoms with E-state index in [0.717, 1.165) is 12.8 Å². The number of aliphatic hydroxyl groups is 1. The van der Waals surface area contributed by atoms with Crippen molar-refractivity contribution in [1.29, 1.82) is 0 Å². The summed E-state index contributed by atoms with van der Waals surface area (Å²) in [4.78, 5) is 13.6. The van der Waals surface area contributed by atoms with E-state index in [1.807, 2.05) is 19.1 Å². The summed E-state index contributed by atoms with van der Waals surface area (Å²) in [6.45, 7) is 13.4. The molecule has 0 radical (unpaired) electrons. The van der Waals surface area contributed by atoms with Crippen molar-refractivity contribution in [3.05, 3.63) is 12.2 Å². The zero-order valence-electron chi connectivity index (χ0n) is 18.3. The second-order valence-electron chi connectivity index (χ2n) is 10.6. The summed E-state index contributed by atoms with van der Waals surface area (Å²) in [5.74, 6) is 0.783. The minimum Gasteiger partial charge on any atom is -0.459 e. The highest BCUT2D eigenvalue weighted by Crippen LogP contribution is 2.57. The molecule has 2 saturated carbocycles. The molecule has 7 unspecified atom stereocenters. The number of hydrogen-bond donors (Lipinski definition) is 1. The van der Waals surface area contributed by atoms with Gasteiger partial charge in [-0.25, -0.2) is 0 Å². The van der Waals surface area contributed by atoms with Crippen molar-refractivity contribution in [3.63, 3.8) is 0 Å². The molecule has 1 saturated heterocycles. The van der Waals surface area contributed by atoms with Crippen LogP contribution in [-0.2, 0) is 19.0 Å². The monoisotopic (exact) mass is 394 g/mol. The van der Waals surface area contributed by atoms with Gasteiger partial charge in [-0.15, -0.1) is 0 Å². The van der Waals surface area contributed by atoms with Gasteiger partial charge in [0, 0.05) is 5.92 Å². The zero-order valence-corrected chi connectivity index (χ0v) is 18.3. The van der Waals surface area contributed by atoms with Gasteiger partial charge in [-0.05, 0) is 49.4 Å². The first-order valence-corrected chi connectivity index (χ1v) is 10.8. The van der Waals surface area contributed by atoms with Gasteiger partial charge in [-0.3, -0.25) is 4.79 Å². The molecule has 3 aliphatic rings. The molecule has 0 aromatic heterocycles. The van der Waals surface area contributed by atoms with E-state index in [1.165, 1.54) is 0 Å². The van der Waals surface area contributed by atoms with Crippen LogP contribution in [0.3, 0.4) is 0 Å². The Morgan fingerprint density at radius 2 is 1.93 bits per heavy atom. The van der Waals surface area contributed by atoms with Crippen molar-refractivity contribution in [3.8, 4) is 0 Å². The van der Waals surface area contributed by atoms with Crippen LogP contribution in [-0.4, -0.2) is 42.8 Å². The standard InChI is InChI=1S/C23H38O5/c1-7-8-9-26-13-23(14(2)3,12-22(4,5)6)21(25)28-18-15-10-16-17(11-15)20(24)27-19(16)18/h7-8,14-20,24H,9-13H2,1-6H3. The number of carbonyl (C=O) groups excluding carboxylic acids is 1. The predicted molar refractivity (Wildman–Crippen MR) is 107 cm³/mol. The number of fused-ring (bicyclic) bond motifs is 1. The average Bonchev–Trinajstić information content (AvgIpc) is 3.21. The van der Waals surface area contributed by atoms with Gasteiger partial charge < -0.3 is 19.3 Å². The fourth-order valence-corrected chi connectivity index (χ4v) is 5.62. The lowest BCUT2D eigenvalue weighted by Gasteiger charge is -2.41. The molecule has 0 aromatic rings. The summed E-state index contributed by atoms with van der Waals surface area (Å²) in [5, 5.41) is 10.1. The summed E-state index contributed by atoms with van der Waals surface area (Å²) in [7, 11) is 0. The Morgan fingerprint density at radius 1 is 1.25 bits per heavy atom. The van der Waals surface area contributed by atoms with Crippen molar-refractivity contribution >= 4 is 5.97 Å². The van der Waals surface area contributed by atoms with Gasteiger partial charge in [0.1, 0.15) is 12.2 Å². The summed E-state index contributed by atoms with van der Waals surface area (Å²) in [5.41, 5.74) is -0.731. The molecule has 2 aliphatic carbocycles. The number of hydrogen-bond acceptors (Lipinski definition) is 5. The average molecular weight is 395 g/mol. The van der Waals surface area contributed by atoms with Gasteiger partial charge in [-0.2, -0.15) is 0 Å². The summed E-state index contributed by atoms with van der Waals surface area (Å²) < 4.78 is 17.9.